The fourth-order valence-electron chi connectivity index (χ4n) is 3.09. The van der Waals surface area contributed by atoms with E-state index in [2.05, 4.69) is 26.0 Å². The van der Waals surface area contributed by atoms with Crippen molar-refractivity contribution in [2.45, 2.75) is 53.2 Å². The molecular formula is C19H28O3. The van der Waals surface area contributed by atoms with Crippen molar-refractivity contribution >= 4 is 5.97 Å². The van der Waals surface area contributed by atoms with E-state index in [1.807, 2.05) is 39.0 Å². The number of hydrogen-bond acceptors (Lipinski definition) is 3. The first kappa shape index (κ1) is 17.0. The third-order valence-electron chi connectivity index (χ3n) is 4.40. The molecule has 1 aromatic rings. The Balaban J connectivity index is 1.75. The molecule has 2 rings (SSSR count). The van der Waals surface area contributed by atoms with E-state index in [0.717, 1.165) is 6.42 Å². The van der Waals surface area contributed by atoms with Gasteiger partial charge in [-0.2, -0.15) is 0 Å². The highest BCUT2D eigenvalue weighted by molar-refractivity contribution is 5.78. The molecule has 0 aromatic heterocycles. The average Bonchev–Trinajstić information content (AvgIpc) is 2.96. The van der Waals surface area contributed by atoms with Crippen molar-refractivity contribution in [1.29, 1.82) is 0 Å². The zero-order valence-corrected chi connectivity index (χ0v) is 14.4. The van der Waals surface area contributed by atoms with Gasteiger partial charge in [0.15, 0.2) is 0 Å². The highest BCUT2D eigenvalue weighted by Gasteiger charge is 2.62. The number of ether oxygens (including phenoxy) is 2. The van der Waals surface area contributed by atoms with E-state index in [4.69, 9.17) is 9.47 Å². The molecular weight excluding hydrogens is 276 g/mol. The molecule has 0 saturated heterocycles. The van der Waals surface area contributed by atoms with Gasteiger partial charge >= 0.3 is 5.97 Å². The Hall–Kier alpha value is -1.35. The molecule has 0 bridgehead atoms. The van der Waals surface area contributed by atoms with Crippen LogP contribution < -0.4 is 0 Å². The lowest BCUT2D eigenvalue weighted by atomic mass is 10.1. The maximum atomic E-state index is 12.2. The van der Waals surface area contributed by atoms with E-state index in [-0.39, 0.29) is 17.3 Å². The lowest BCUT2D eigenvalue weighted by Crippen LogP contribution is -2.26. The van der Waals surface area contributed by atoms with Gasteiger partial charge in [-0.3, -0.25) is 4.79 Å². The van der Waals surface area contributed by atoms with Crippen molar-refractivity contribution in [1.82, 2.24) is 0 Å². The summed E-state index contributed by atoms with van der Waals surface area (Å²) >= 11 is 0. The Bertz CT molecular complexity index is 499. The number of esters is 1. The first-order valence-corrected chi connectivity index (χ1v) is 8.06. The number of carbonyl (C=O) groups is 1. The molecule has 0 radical (unpaired) electrons. The Labute approximate surface area is 134 Å². The van der Waals surface area contributed by atoms with E-state index in [0.29, 0.717) is 19.1 Å². The molecule has 0 aliphatic heterocycles. The van der Waals surface area contributed by atoms with Gasteiger partial charge in [-0.05, 0) is 44.1 Å². The lowest BCUT2D eigenvalue weighted by molar-refractivity contribution is -0.157. The molecule has 1 aliphatic rings. The van der Waals surface area contributed by atoms with Crippen molar-refractivity contribution < 1.29 is 14.3 Å². The first-order chi connectivity index (χ1) is 10.2. The third-order valence-corrected chi connectivity index (χ3v) is 4.40. The maximum Gasteiger partial charge on any atom is 0.310 e. The van der Waals surface area contributed by atoms with Crippen molar-refractivity contribution in [3.05, 3.63) is 35.9 Å². The van der Waals surface area contributed by atoms with Crippen LogP contribution in [0.1, 0.15) is 46.6 Å². The molecule has 122 valence electrons. The van der Waals surface area contributed by atoms with Crippen LogP contribution in [-0.2, 0) is 20.9 Å². The Morgan fingerprint density at radius 2 is 1.82 bits per heavy atom. The van der Waals surface area contributed by atoms with Crippen LogP contribution in [0.4, 0.5) is 0 Å². The lowest BCUT2D eigenvalue weighted by Gasteiger charge is -2.20. The van der Waals surface area contributed by atoms with Crippen LogP contribution in [0.25, 0.3) is 0 Å². The molecule has 22 heavy (non-hydrogen) atoms. The highest BCUT2D eigenvalue weighted by Crippen LogP contribution is 2.60. The maximum absolute atomic E-state index is 12.2. The minimum absolute atomic E-state index is 0.00653. The van der Waals surface area contributed by atoms with Gasteiger partial charge in [0.25, 0.3) is 0 Å². The Morgan fingerprint density at radius 3 is 2.41 bits per heavy atom. The molecule has 1 unspecified atom stereocenters. The second kappa shape index (κ2) is 6.41. The summed E-state index contributed by atoms with van der Waals surface area (Å²) in [4.78, 5) is 12.2. The molecule has 2 atom stereocenters. The van der Waals surface area contributed by atoms with Crippen LogP contribution in [0, 0.1) is 17.3 Å². The van der Waals surface area contributed by atoms with Crippen molar-refractivity contribution in [2.75, 3.05) is 6.61 Å². The number of carbonyl (C=O) groups excluding carboxylic acids is 1. The fraction of sp³-hybridized carbons (Fsp3) is 0.632. The molecule has 0 amide bonds. The van der Waals surface area contributed by atoms with E-state index >= 15 is 0 Å². The topological polar surface area (TPSA) is 35.5 Å². The minimum Gasteiger partial charge on any atom is -0.460 e. The fourth-order valence-corrected chi connectivity index (χ4v) is 3.09. The van der Waals surface area contributed by atoms with Crippen molar-refractivity contribution in [2.24, 2.45) is 17.3 Å². The van der Waals surface area contributed by atoms with Crippen molar-refractivity contribution in [3.63, 3.8) is 0 Å². The zero-order chi connectivity index (χ0) is 16.4. The van der Waals surface area contributed by atoms with Gasteiger partial charge in [0.1, 0.15) is 5.60 Å². The molecule has 3 nitrogen and oxygen atoms in total. The number of hydrogen-bond donors (Lipinski definition) is 0. The Kier molecular flexibility index (Phi) is 4.96. The van der Waals surface area contributed by atoms with Crippen LogP contribution in [0.15, 0.2) is 30.3 Å². The molecule has 1 aromatic carbocycles. The standard InChI is InChI=1S/C19H28O3/c1-18(2,3)22-17(20)16-15(19(16,4)5)11-12-21-13-14-9-7-6-8-10-14/h6-10,15-16H,11-13H2,1-5H3/t15?,16-/m1/s1. The van der Waals surface area contributed by atoms with Crippen molar-refractivity contribution in [3.8, 4) is 0 Å². The molecule has 0 heterocycles. The first-order valence-electron chi connectivity index (χ1n) is 8.06. The molecule has 1 aliphatic carbocycles. The summed E-state index contributed by atoms with van der Waals surface area (Å²) in [7, 11) is 0. The second-order valence-electron chi connectivity index (χ2n) is 7.77. The third kappa shape index (κ3) is 4.33. The van der Waals surface area contributed by atoms with Gasteiger partial charge in [0.2, 0.25) is 0 Å². The summed E-state index contributed by atoms with van der Waals surface area (Å²) in [6.07, 6.45) is 0.906. The predicted octanol–water partition coefficient (Wildman–Crippen LogP) is 4.21. The van der Waals surface area contributed by atoms with Crippen LogP contribution >= 0.6 is 0 Å². The second-order valence-corrected chi connectivity index (χ2v) is 7.77. The summed E-state index contributed by atoms with van der Waals surface area (Å²) in [5, 5.41) is 0. The minimum atomic E-state index is -0.413. The zero-order valence-electron chi connectivity index (χ0n) is 14.4. The molecule has 1 fully saturated rings. The van der Waals surface area contributed by atoms with Gasteiger partial charge in [-0.15, -0.1) is 0 Å². The predicted molar refractivity (Wildman–Crippen MR) is 87.3 cm³/mol. The van der Waals surface area contributed by atoms with Crippen LogP contribution in [0.2, 0.25) is 0 Å². The number of benzene rings is 1. The van der Waals surface area contributed by atoms with Gasteiger partial charge in [-0.25, -0.2) is 0 Å². The van der Waals surface area contributed by atoms with Crippen LogP contribution in [0.5, 0.6) is 0 Å². The highest BCUT2D eigenvalue weighted by atomic mass is 16.6. The summed E-state index contributed by atoms with van der Waals surface area (Å²) < 4.78 is 11.3. The molecule has 0 N–H and O–H groups in total. The summed E-state index contributed by atoms with van der Waals surface area (Å²) in [5.41, 5.74) is 0.795. The van der Waals surface area contributed by atoms with E-state index in [1.54, 1.807) is 0 Å². The van der Waals surface area contributed by atoms with E-state index in [9.17, 15) is 4.79 Å². The molecule has 1 saturated carbocycles. The van der Waals surface area contributed by atoms with E-state index in [1.165, 1.54) is 5.56 Å². The summed E-state index contributed by atoms with van der Waals surface area (Å²) in [6, 6.07) is 10.2. The quantitative estimate of drug-likeness (QED) is 0.583. The monoisotopic (exact) mass is 304 g/mol. The van der Waals surface area contributed by atoms with Gasteiger partial charge in [0, 0.05) is 6.61 Å². The Morgan fingerprint density at radius 1 is 1.18 bits per heavy atom. The van der Waals surface area contributed by atoms with Crippen LogP contribution in [0.3, 0.4) is 0 Å². The normalized spacial score (nSPS) is 23.1. The number of rotatable bonds is 6. The average molecular weight is 304 g/mol. The van der Waals surface area contributed by atoms with Crippen LogP contribution in [-0.4, -0.2) is 18.2 Å². The smallest absolute Gasteiger partial charge is 0.310 e. The molecule has 3 heteroatoms. The SMILES string of the molecule is CC(C)(C)OC(=O)[C@H]1C(CCOCc2ccccc2)C1(C)C. The summed E-state index contributed by atoms with van der Waals surface area (Å²) in [5.74, 6) is 0.302. The van der Waals surface area contributed by atoms with Gasteiger partial charge < -0.3 is 9.47 Å². The largest absolute Gasteiger partial charge is 0.460 e. The molecule has 0 spiro atoms. The van der Waals surface area contributed by atoms with E-state index < -0.39 is 5.60 Å². The van der Waals surface area contributed by atoms with Gasteiger partial charge in [0.05, 0.1) is 12.5 Å². The van der Waals surface area contributed by atoms with Gasteiger partial charge in [-0.1, -0.05) is 44.2 Å². The summed E-state index contributed by atoms with van der Waals surface area (Å²) in [6.45, 7) is 11.3.